The second-order valence-corrected chi connectivity index (χ2v) is 10.1. The fourth-order valence-electron chi connectivity index (χ4n) is 5.57. The van der Waals surface area contributed by atoms with Crippen LogP contribution in [0.3, 0.4) is 0 Å². The molecule has 2 unspecified atom stereocenters. The lowest BCUT2D eigenvalue weighted by atomic mass is 9.86. The molecule has 1 aliphatic carbocycles. The highest BCUT2D eigenvalue weighted by molar-refractivity contribution is 5.65. The van der Waals surface area contributed by atoms with Crippen molar-refractivity contribution in [1.82, 2.24) is 14.9 Å². The van der Waals surface area contributed by atoms with E-state index >= 15 is 0 Å². The predicted octanol–water partition coefficient (Wildman–Crippen LogP) is 2.33. The Balaban J connectivity index is 1.09. The summed E-state index contributed by atoms with van der Waals surface area (Å²) in [6, 6.07) is 12.9. The van der Waals surface area contributed by atoms with Crippen molar-refractivity contribution in [3.05, 3.63) is 77.2 Å². The molecule has 12 heteroatoms. The minimum atomic E-state index is -3.72. The van der Waals surface area contributed by atoms with Gasteiger partial charge in [0, 0.05) is 6.42 Å². The molecule has 39 heavy (non-hydrogen) atoms. The molecule has 0 radical (unpaired) electrons. The fourth-order valence-corrected chi connectivity index (χ4v) is 5.57. The number of nitrogens with two attached hydrogens (primary N) is 1. The molecule has 3 aromatic rings. The van der Waals surface area contributed by atoms with Crippen molar-refractivity contribution in [2.45, 2.75) is 61.5 Å². The Hall–Kier alpha value is -3.42. The van der Waals surface area contributed by atoms with E-state index in [2.05, 4.69) is 15.3 Å². The van der Waals surface area contributed by atoms with Gasteiger partial charge in [-0.1, -0.05) is 36.4 Å². The third-order valence-corrected chi connectivity index (χ3v) is 7.68. The SMILES string of the molecule is NC1NC=Nc2c1ncn2[C@@H]1O[C@H](COc2cccc(CC[C@@]3(O)c4ccccc4C(O)C3(F)F)c2)C[C@H]1O. The number of fused-ring (bicyclic) bond motifs is 2. The molecular weight excluding hydrogens is 512 g/mol. The number of aliphatic hydroxyl groups excluding tert-OH is 2. The standard InChI is InChI=1S/C27H29F2N5O5/c28-27(29)22(36)18-6-1-2-7-19(18)26(27,37)9-8-15-4-3-5-16(10-15)38-12-17-11-20(35)25(39-17)34-14-33-21-23(30)31-13-32-24(21)34/h1-7,10,13-14,17,20,22-23,25,35-37H,8-9,11-12,30H2,(H,31,32)/t17-,20+,22?,23?,25+,26+/m0/s1. The summed E-state index contributed by atoms with van der Waals surface area (Å²) < 4.78 is 43.5. The molecule has 3 heterocycles. The number of aryl methyl sites for hydroxylation is 1. The lowest BCUT2D eigenvalue weighted by Crippen LogP contribution is -2.44. The number of nitrogens with zero attached hydrogens (tertiary/aromatic N) is 3. The summed E-state index contributed by atoms with van der Waals surface area (Å²) in [7, 11) is 0. The number of aliphatic hydroxyl groups is 3. The average molecular weight is 542 g/mol. The van der Waals surface area contributed by atoms with Crippen LogP contribution in [0.2, 0.25) is 0 Å². The summed E-state index contributed by atoms with van der Waals surface area (Å²) in [5.74, 6) is -2.70. The number of rotatable bonds is 7. The summed E-state index contributed by atoms with van der Waals surface area (Å²) in [5.41, 5.74) is 4.83. The monoisotopic (exact) mass is 541 g/mol. The van der Waals surface area contributed by atoms with Gasteiger partial charge in [0.2, 0.25) is 0 Å². The van der Waals surface area contributed by atoms with Crippen molar-refractivity contribution in [2.75, 3.05) is 6.61 Å². The molecule has 1 saturated heterocycles. The molecule has 1 fully saturated rings. The van der Waals surface area contributed by atoms with Crippen LogP contribution in [0.5, 0.6) is 5.75 Å². The average Bonchev–Trinajstić information content (AvgIpc) is 3.57. The first-order chi connectivity index (χ1) is 18.7. The fraction of sp³-hybridized carbons (Fsp3) is 0.407. The van der Waals surface area contributed by atoms with Crippen molar-refractivity contribution in [2.24, 2.45) is 10.7 Å². The van der Waals surface area contributed by atoms with E-state index in [1.807, 2.05) is 0 Å². The Morgan fingerprint density at radius 2 is 2.00 bits per heavy atom. The summed E-state index contributed by atoms with van der Waals surface area (Å²) in [5, 5.41) is 34.7. The molecule has 0 amide bonds. The molecular formula is C27H29F2N5O5. The first-order valence-electron chi connectivity index (χ1n) is 12.7. The Kier molecular flexibility index (Phi) is 6.39. The van der Waals surface area contributed by atoms with Crippen LogP contribution in [0.15, 0.2) is 59.9 Å². The highest BCUT2D eigenvalue weighted by Gasteiger charge is 2.64. The minimum absolute atomic E-state index is 0.0432. The highest BCUT2D eigenvalue weighted by atomic mass is 19.3. The number of nitrogens with one attached hydrogen (secondary N) is 1. The molecule has 6 N–H and O–H groups in total. The van der Waals surface area contributed by atoms with Crippen molar-refractivity contribution < 1.29 is 33.6 Å². The molecule has 1 aromatic heterocycles. The molecule has 10 nitrogen and oxygen atoms in total. The van der Waals surface area contributed by atoms with Crippen LogP contribution in [0.4, 0.5) is 14.6 Å². The van der Waals surface area contributed by atoms with Gasteiger partial charge in [0.25, 0.3) is 0 Å². The summed E-state index contributed by atoms with van der Waals surface area (Å²) in [6.45, 7) is 0.153. The number of aromatic nitrogens is 2. The van der Waals surface area contributed by atoms with E-state index in [0.717, 1.165) is 0 Å². The first-order valence-corrected chi connectivity index (χ1v) is 12.7. The van der Waals surface area contributed by atoms with Gasteiger partial charge in [-0.3, -0.25) is 4.57 Å². The maximum Gasteiger partial charge on any atom is 0.309 e. The zero-order valence-corrected chi connectivity index (χ0v) is 20.8. The van der Waals surface area contributed by atoms with Crippen LogP contribution in [0.25, 0.3) is 0 Å². The minimum Gasteiger partial charge on any atom is -0.491 e. The van der Waals surface area contributed by atoms with Gasteiger partial charge in [0.15, 0.2) is 17.6 Å². The van der Waals surface area contributed by atoms with E-state index in [-0.39, 0.29) is 30.6 Å². The number of hydrogen-bond donors (Lipinski definition) is 5. The summed E-state index contributed by atoms with van der Waals surface area (Å²) in [4.78, 5) is 8.55. The molecule has 3 aliphatic rings. The van der Waals surface area contributed by atoms with Crippen molar-refractivity contribution in [1.29, 1.82) is 0 Å². The van der Waals surface area contributed by atoms with E-state index in [1.165, 1.54) is 24.8 Å². The topological polar surface area (TPSA) is 147 Å². The van der Waals surface area contributed by atoms with E-state index in [0.29, 0.717) is 29.2 Å². The zero-order chi connectivity index (χ0) is 27.4. The van der Waals surface area contributed by atoms with Crippen LogP contribution < -0.4 is 15.8 Å². The lowest BCUT2D eigenvalue weighted by Gasteiger charge is -2.32. The van der Waals surface area contributed by atoms with Gasteiger partial charge in [-0.25, -0.2) is 9.98 Å². The van der Waals surface area contributed by atoms with Gasteiger partial charge in [-0.15, -0.1) is 0 Å². The van der Waals surface area contributed by atoms with Crippen LogP contribution in [0, 0.1) is 0 Å². The van der Waals surface area contributed by atoms with E-state index in [9.17, 15) is 24.1 Å². The number of imidazole rings is 1. The van der Waals surface area contributed by atoms with Crippen molar-refractivity contribution >= 4 is 12.2 Å². The first kappa shape index (κ1) is 25.8. The normalized spacial score (nSPS) is 30.6. The van der Waals surface area contributed by atoms with Gasteiger partial charge in [0.05, 0.1) is 18.8 Å². The van der Waals surface area contributed by atoms with Crippen LogP contribution in [0.1, 0.15) is 53.7 Å². The summed E-state index contributed by atoms with van der Waals surface area (Å²) in [6.07, 6.45) is -1.29. The maximum absolute atomic E-state index is 15.0. The van der Waals surface area contributed by atoms with Crippen molar-refractivity contribution in [3.63, 3.8) is 0 Å². The molecule has 206 valence electrons. The number of ether oxygens (including phenoxy) is 2. The third kappa shape index (κ3) is 4.28. The van der Waals surface area contributed by atoms with E-state index in [1.54, 1.807) is 41.0 Å². The number of aliphatic imine (C=N–C) groups is 1. The predicted molar refractivity (Wildman–Crippen MR) is 135 cm³/mol. The molecule has 0 bridgehead atoms. The van der Waals surface area contributed by atoms with Gasteiger partial charge < -0.3 is 35.8 Å². The summed E-state index contributed by atoms with van der Waals surface area (Å²) >= 11 is 0. The molecule has 0 saturated carbocycles. The maximum atomic E-state index is 15.0. The Morgan fingerprint density at radius 3 is 2.85 bits per heavy atom. The van der Waals surface area contributed by atoms with Gasteiger partial charge in [0.1, 0.15) is 36.4 Å². The molecule has 6 atom stereocenters. The van der Waals surface area contributed by atoms with Gasteiger partial charge in [-0.05, 0) is 41.7 Å². The second-order valence-electron chi connectivity index (χ2n) is 10.1. The Labute approximate surface area is 222 Å². The molecule has 0 spiro atoms. The smallest absolute Gasteiger partial charge is 0.309 e. The largest absolute Gasteiger partial charge is 0.491 e. The Morgan fingerprint density at radius 1 is 1.18 bits per heavy atom. The second kappa shape index (κ2) is 9.65. The van der Waals surface area contributed by atoms with Crippen LogP contribution in [-0.4, -0.2) is 55.9 Å². The highest BCUT2D eigenvalue weighted by Crippen LogP contribution is 2.56. The third-order valence-electron chi connectivity index (χ3n) is 7.68. The number of alkyl halides is 2. The lowest BCUT2D eigenvalue weighted by molar-refractivity contribution is -0.226. The number of hydrogen-bond acceptors (Lipinski definition) is 9. The van der Waals surface area contributed by atoms with Crippen LogP contribution in [-0.2, 0) is 16.8 Å². The van der Waals surface area contributed by atoms with E-state index < -0.39 is 42.2 Å². The zero-order valence-electron chi connectivity index (χ0n) is 20.8. The quantitative estimate of drug-likeness (QED) is 0.306. The molecule has 2 aliphatic heterocycles. The molecule has 2 aromatic carbocycles. The number of halogens is 2. The van der Waals surface area contributed by atoms with Crippen LogP contribution >= 0.6 is 0 Å². The van der Waals surface area contributed by atoms with Crippen molar-refractivity contribution in [3.8, 4) is 5.75 Å². The number of benzene rings is 2. The van der Waals surface area contributed by atoms with Gasteiger partial charge in [-0.2, -0.15) is 8.78 Å². The Bertz CT molecular complexity index is 1400. The van der Waals surface area contributed by atoms with Gasteiger partial charge >= 0.3 is 5.92 Å². The molecule has 6 rings (SSSR count). The van der Waals surface area contributed by atoms with E-state index in [4.69, 9.17) is 15.2 Å².